The van der Waals surface area contributed by atoms with Crippen molar-refractivity contribution in [2.75, 3.05) is 29.5 Å². The number of imide groups is 1. The van der Waals surface area contributed by atoms with Gasteiger partial charge in [-0.15, -0.1) is 0 Å². The maximum Gasteiger partial charge on any atom is 0.328 e. The van der Waals surface area contributed by atoms with E-state index in [0.29, 0.717) is 34.8 Å². The Morgan fingerprint density at radius 1 is 1.12 bits per heavy atom. The summed E-state index contributed by atoms with van der Waals surface area (Å²) in [6.07, 6.45) is 1.29. The molecule has 0 spiro atoms. The number of benzene rings is 2. The van der Waals surface area contributed by atoms with Crippen LogP contribution in [0.15, 0.2) is 36.4 Å². The molecule has 1 aliphatic rings. The van der Waals surface area contributed by atoms with Gasteiger partial charge in [0.15, 0.2) is 0 Å². The number of carbonyl (C=O) groups excluding carboxylic acids is 2. The summed E-state index contributed by atoms with van der Waals surface area (Å²) in [6.45, 7) is 6.32. The summed E-state index contributed by atoms with van der Waals surface area (Å²) in [4.78, 5) is 26.1. The van der Waals surface area contributed by atoms with Crippen LogP contribution in [0.1, 0.15) is 43.9 Å². The van der Waals surface area contributed by atoms with Gasteiger partial charge in [0.25, 0.3) is 0 Å². The van der Waals surface area contributed by atoms with Gasteiger partial charge in [-0.2, -0.15) is 0 Å². The number of methoxy groups -OCH3 is 1. The topological polar surface area (TPSA) is 105 Å². The van der Waals surface area contributed by atoms with Crippen LogP contribution in [0, 0.1) is 11.8 Å². The van der Waals surface area contributed by atoms with Crippen LogP contribution in [-0.2, 0) is 20.2 Å². The first-order valence-corrected chi connectivity index (χ1v) is 12.2. The van der Waals surface area contributed by atoms with Crippen molar-refractivity contribution < 1.29 is 22.7 Å². The largest absolute Gasteiger partial charge is 0.495 e. The third-order valence-corrected chi connectivity index (χ3v) is 5.53. The number of hydrogen-bond acceptors (Lipinski definition) is 5. The molecular weight excluding hydrogens is 442 g/mol. The SMILES string of the molecule is COc1c(C#Cc2cccc(NS(C)(=O)=O)c2)cc(N2C(=O)CCNC2=O)cc1C(C)(C)C. The lowest BCUT2D eigenvalue weighted by atomic mass is 9.84. The van der Waals surface area contributed by atoms with E-state index in [1.807, 2.05) is 20.8 Å². The van der Waals surface area contributed by atoms with Crippen LogP contribution in [-0.4, -0.2) is 40.3 Å². The molecule has 3 rings (SSSR count). The molecule has 0 unspecified atom stereocenters. The highest BCUT2D eigenvalue weighted by Gasteiger charge is 2.30. The monoisotopic (exact) mass is 469 g/mol. The van der Waals surface area contributed by atoms with Crippen molar-refractivity contribution in [3.63, 3.8) is 0 Å². The van der Waals surface area contributed by atoms with Gasteiger partial charge >= 0.3 is 6.03 Å². The Morgan fingerprint density at radius 2 is 1.85 bits per heavy atom. The molecule has 9 heteroatoms. The molecule has 0 atom stereocenters. The number of amides is 3. The molecule has 2 aromatic rings. The molecule has 1 fully saturated rings. The summed E-state index contributed by atoms with van der Waals surface area (Å²) >= 11 is 0. The maximum atomic E-state index is 12.5. The summed E-state index contributed by atoms with van der Waals surface area (Å²) in [5.74, 6) is 6.35. The fourth-order valence-corrected chi connectivity index (χ4v) is 4.02. The number of ether oxygens (including phenoxy) is 1. The smallest absolute Gasteiger partial charge is 0.328 e. The van der Waals surface area contributed by atoms with E-state index in [1.165, 1.54) is 0 Å². The van der Waals surface area contributed by atoms with Gasteiger partial charge in [-0.3, -0.25) is 9.52 Å². The summed E-state index contributed by atoms with van der Waals surface area (Å²) in [5, 5.41) is 2.69. The normalized spacial score (nSPS) is 14.3. The third kappa shape index (κ3) is 5.84. The van der Waals surface area contributed by atoms with E-state index in [9.17, 15) is 18.0 Å². The van der Waals surface area contributed by atoms with E-state index < -0.39 is 16.1 Å². The van der Waals surface area contributed by atoms with E-state index in [4.69, 9.17) is 4.74 Å². The van der Waals surface area contributed by atoms with E-state index >= 15 is 0 Å². The summed E-state index contributed by atoms with van der Waals surface area (Å²) < 4.78 is 31.1. The highest BCUT2D eigenvalue weighted by Crippen LogP contribution is 2.38. The average molecular weight is 470 g/mol. The Morgan fingerprint density at radius 3 is 2.45 bits per heavy atom. The van der Waals surface area contributed by atoms with Crippen LogP contribution in [0.5, 0.6) is 5.75 Å². The van der Waals surface area contributed by atoms with Gasteiger partial charge in [0.1, 0.15) is 5.75 Å². The zero-order chi connectivity index (χ0) is 24.4. The standard InChI is InChI=1S/C24H27N3O5S/c1-24(2,3)20-15-19(27-21(28)11-12-25-23(27)29)14-17(22(20)32-4)10-9-16-7-6-8-18(13-16)26-33(5,30)31/h6-8,13-15,26H,11-12H2,1-5H3,(H,25,29). The highest BCUT2D eigenvalue weighted by atomic mass is 32.2. The second kappa shape index (κ2) is 9.16. The van der Waals surface area contributed by atoms with Crippen LogP contribution in [0.25, 0.3) is 0 Å². The van der Waals surface area contributed by atoms with Gasteiger partial charge < -0.3 is 10.1 Å². The van der Waals surface area contributed by atoms with Crippen molar-refractivity contribution in [2.45, 2.75) is 32.6 Å². The zero-order valence-electron chi connectivity index (χ0n) is 19.3. The van der Waals surface area contributed by atoms with Gasteiger partial charge in [0.2, 0.25) is 15.9 Å². The number of nitrogens with one attached hydrogen (secondary N) is 2. The van der Waals surface area contributed by atoms with Gasteiger partial charge in [0, 0.05) is 29.8 Å². The molecule has 1 aliphatic heterocycles. The molecular formula is C24H27N3O5S. The van der Waals surface area contributed by atoms with Crippen LogP contribution in [0.4, 0.5) is 16.2 Å². The van der Waals surface area contributed by atoms with Crippen molar-refractivity contribution in [1.82, 2.24) is 5.32 Å². The predicted octanol–water partition coefficient (Wildman–Crippen LogP) is 3.21. The molecule has 0 bridgehead atoms. The number of urea groups is 1. The first-order valence-electron chi connectivity index (χ1n) is 10.3. The second-order valence-electron chi connectivity index (χ2n) is 8.74. The quantitative estimate of drug-likeness (QED) is 0.669. The van der Waals surface area contributed by atoms with Crippen LogP contribution < -0.4 is 19.7 Å². The van der Waals surface area contributed by atoms with Crippen molar-refractivity contribution in [1.29, 1.82) is 0 Å². The number of sulfonamides is 1. The minimum Gasteiger partial charge on any atom is -0.495 e. The first-order chi connectivity index (χ1) is 15.4. The predicted molar refractivity (Wildman–Crippen MR) is 128 cm³/mol. The van der Waals surface area contributed by atoms with E-state index in [0.717, 1.165) is 16.7 Å². The number of carbonyl (C=O) groups is 2. The first kappa shape index (κ1) is 24.1. The number of anilines is 2. The van der Waals surface area contributed by atoms with Gasteiger partial charge in [-0.25, -0.2) is 18.1 Å². The minimum atomic E-state index is -3.42. The second-order valence-corrected chi connectivity index (χ2v) is 10.5. The van der Waals surface area contributed by atoms with Gasteiger partial charge in [-0.05, 0) is 35.7 Å². The molecule has 2 N–H and O–H groups in total. The summed E-state index contributed by atoms with van der Waals surface area (Å²) in [6, 6.07) is 9.66. The number of rotatable bonds is 4. The number of hydrogen-bond donors (Lipinski definition) is 2. The van der Waals surface area contributed by atoms with Gasteiger partial charge in [-0.1, -0.05) is 38.7 Å². The highest BCUT2D eigenvalue weighted by molar-refractivity contribution is 7.92. The molecule has 33 heavy (non-hydrogen) atoms. The fourth-order valence-electron chi connectivity index (χ4n) is 3.47. The Kier molecular flexibility index (Phi) is 6.70. The van der Waals surface area contributed by atoms with Gasteiger partial charge in [0.05, 0.1) is 24.6 Å². The molecule has 1 heterocycles. The lowest BCUT2D eigenvalue weighted by Gasteiger charge is -2.29. The molecule has 2 aromatic carbocycles. The van der Waals surface area contributed by atoms with E-state index in [1.54, 1.807) is 43.5 Å². The maximum absolute atomic E-state index is 12.5. The molecule has 0 radical (unpaired) electrons. The molecule has 0 aromatic heterocycles. The van der Waals surface area contributed by atoms with Crippen molar-refractivity contribution in [2.24, 2.45) is 0 Å². The van der Waals surface area contributed by atoms with Crippen molar-refractivity contribution >= 4 is 33.3 Å². The Bertz CT molecular complexity index is 1250. The third-order valence-electron chi connectivity index (χ3n) is 4.92. The summed E-state index contributed by atoms with van der Waals surface area (Å²) in [5.41, 5.74) is 2.35. The molecule has 8 nitrogen and oxygen atoms in total. The minimum absolute atomic E-state index is 0.212. The molecule has 3 amide bonds. The van der Waals surface area contributed by atoms with Crippen molar-refractivity contribution in [3.8, 4) is 17.6 Å². The molecule has 1 saturated heterocycles. The number of nitrogens with zero attached hydrogens (tertiary/aromatic N) is 1. The summed E-state index contributed by atoms with van der Waals surface area (Å²) in [7, 11) is -1.87. The Labute approximate surface area is 194 Å². The average Bonchev–Trinajstić information content (AvgIpc) is 2.70. The molecule has 0 saturated carbocycles. The van der Waals surface area contributed by atoms with Crippen LogP contribution in [0.2, 0.25) is 0 Å². The van der Waals surface area contributed by atoms with Crippen molar-refractivity contribution in [3.05, 3.63) is 53.1 Å². The lowest BCUT2D eigenvalue weighted by Crippen LogP contribution is -2.50. The van der Waals surface area contributed by atoms with Crippen LogP contribution in [0.3, 0.4) is 0 Å². The van der Waals surface area contributed by atoms with E-state index in [2.05, 4.69) is 21.9 Å². The lowest BCUT2D eigenvalue weighted by molar-refractivity contribution is -0.118. The zero-order valence-corrected chi connectivity index (χ0v) is 20.1. The van der Waals surface area contributed by atoms with Crippen LogP contribution >= 0.6 is 0 Å². The fraction of sp³-hybridized carbons (Fsp3) is 0.333. The molecule has 0 aliphatic carbocycles. The van der Waals surface area contributed by atoms with E-state index in [-0.39, 0.29) is 17.7 Å². The Balaban J connectivity index is 2.13. The Hall–Kier alpha value is -3.51. The molecule has 174 valence electrons.